The lowest BCUT2D eigenvalue weighted by Crippen LogP contribution is -2.09. The number of nitrogens with zero attached hydrogens (tertiary/aromatic N) is 2. The SMILES string of the molecule is COCC(Br)Cc1nnc(C)s1. The van der Waals surface area contributed by atoms with Gasteiger partial charge in [-0.2, -0.15) is 0 Å². The second-order valence-electron chi connectivity index (χ2n) is 2.47. The van der Waals surface area contributed by atoms with Crippen LogP contribution in [0.1, 0.15) is 10.0 Å². The van der Waals surface area contributed by atoms with Crippen LogP contribution in [-0.2, 0) is 11.2 Å². The van der Waals surface area contributed by atoms with E-state index in [1.807, 2.05) is 6.92 Å². The standard InChI is InChI=1S/C7H11BrN2OS/c1-5-9-10-7(12-5)3-6(8)4-11-2/h6H,3-4H2,1-2H3. The highest BCUT2D eigenvalue weighted by atomic mass is 79.9. The third-order valence-electron chi connectivity index (χ3n) is 1.31. The molecule has 0 radical (unpaired) electrons. The van der Waals surface area contributed by atoms with Crippen LogP contribution in [0.25, 0.3) is 0 Å². The van der Waals surface area contributed by atoms with Gasteiger partial charge in [0.05, 0.1) is 6.61 Å². The summed E-state index contributed by atoms with van der Waals surface area (Å²) < 4.78 is 4.99. The Morgan fingerprint density at radius 3 is 2.83 bits per heavy atom. The van der Waals surface area contributed by atoms with E-state index in [2.05, 4.69) is 26.1 Å². The number of halogens is 1. The summed E-state index contributed by atoms with van der Waals surface area (Å²) in [7, 11) is 1.69. The van der Waals surface area contributed by atoms with E-state index in [-0.39, 0.29) is 0 Å². The van der Waals surface area contributed by atoms with Gasteiger partial charge in [-0.25, -0.2) is 0 Å². The molecule has 68 valence electrons. The summed E-state index contributed by atoms with van der Waals surface area (Å²) in [5.41, 5.74) is 0. The Bertz CT molecular complexity index is 241. The van der Waals surface area contributed by atoms with Crippen molar-refractivity contribution in [2.75, 3.05) is 13.7 Å². The van der Waals surface area contributed by atoms with Crippen molar-refractivity contribution in [3.8, 4) is 0 Å². The van der Waals surface area contributed by atoms with Crippen LogP contribution in [0.4, 0.5) is 0 Å². The molecular weight excluding hydrogens is 240 g/mol. The Morgan fingerprint density at radius 2 is 2.33 bits per heavy atom. The second-order valence-corrected chi connectivity index (χ2v) is 5.03. The van der Waals surface area contributed by atoms with Gasteiger partial charge >= 0.3 is 0 Å². The van der Waals surface area contributed by atoms with E-state index in [0.717, 1.165) is 16.4 Å². The molecule has 0 spiro atoms. The smallest absolute Gasteiger partial charge is 0.118 e. The van der Waals surface area contributed by atoms with Gasteiger partial charge < -0.3 is 4.74 Å². The minimum Gasteiger partial charge on any atom is -0.384 e. The van der Waals surface area contributed by atoms with Crippen LogP contribution in [0, 0.1) is 6.92 Å². The van der Waals surface area contributed by atoms with Crippen molar-refractivity contribution >= 4 is 27.3 Å². The zero-order valence-corrected chi connectivity index (χ0v) is 9.48. The number of hydrogen-bond acceptors (Lipinski definition) is 4. The van der Waals surface area contributed by atoms with E-state index >= 15 is 0 Å². The summed E-state index contributed by atoms with van der Waals surface area (Å²) >= 11 is 5.13. The topological polar surface area (TPSA) is 35.0 Å². The van der Waals surface area contributed by atoms with Crippen molar-refractivity contribution in [3.05, 3.63) is 10.0 Å². The Hall–Kier alpha value is -0.0000000000000000278. The van der Waals surface area contributed by atoms with Crippen molar-refractivity contribution in [1.82, 2.24) is 10.2 Å². The summed E-state index contributed by atoms with van der Waals surface area (Å²) in [6, 6.07) is 0. The van der Waals surface area contributed by atoms with Crippen molar-refractivity contribution in [2.24, 2.45) is 0 Å². The lowest BCUT2D eigenvalue weighted by molar-refractivity contribution is 0.200. The number of methoxy groups -OCH3 is 1. The lowest BCUT2D eigenvalue weighted by atomic mass is 10.3. The molecule has 1 rings (SSSR count). The average Bonchev–Trinajstić information content (AvgIpc) is 2.36. The summed E-state index contributed by atoms with van der Waals surface area (Å²) in [5.74, 6) is 0. The predicted molar refractivity (Wildman–Crippen MR) is 52.9 cm³/mol. The molecule has 0 aliphatic carbocycles. The van der Waals surface area contributed by atoms with Gasteiger partial charge in [-0.15, -0.1) is 21.5 Å². The van der Waals surface area contributed by atoms with Gasteiger partial charge in [-0.05, 0) is 6.92 Å². The van der Waals surface area contributed by atoms with Gasteiger partial charge in [0.1, 0.15) is 10.0 Å². The average molecular weight is 251 g/mol. The van der Waals surface area contributed by atoms with Crippen LogP contribution in [0.15, 0.2) is 0 Å². The Labute approximate surface area is 84.3 Å². The maximum absolute atomic E-state index is 4.99. The quantitative estimate of drug-likeness (QED) is 0.765. The Morgan fingerprint density at radius 1 is 1.58 bits per heavy atom. The van der Waals surface area contributed by atoms with Crippen LogP contribution < -0.4 is 0 Å². The van der Waals surface area contributed by atoms with Crippen molar-refractivity contribution < 1.29 is 4.74 Å². The van der Waals surface area contributed by atoms with E-state index < -0.39 is 0 Å². The van der Waals surface area contributed by atoms with Gasteiger partial charge in [0, 0.05) is 18.4 Å². The molecule has 12 heavy (non-hydrogen) atoms. The molecular formula is C7H11BrN2OS. The van der Waals surface area contributed by atoms with Gasteiger partial charge in [-0.1, -0.05) is 15.9 Å². The van der Waals surface area contributed by atoms with E-state index in [9.17, 15) is 0 Å². The van der Waals surface area contributed by atoms with E-state index in [4.69, 9.17) is 4.74 Å². The van der Waals surface area contributed by atoms with Crippen LogP contribution in [0.3, 0.4) is 0 Å². The molecule has 1 atom stereocenters. The highest BCUT2D eigenvalue weighted by molar-refractivity contribution is 9.09. The fourth-order valence-corrected chi connectivity index (χ4v) is 2.42. The normalized spacial score (nSPS) is 13.2. The highest BCUT2D eigenvalue weighted by Crippen LogP contribution is 2.14. The first-order valence-corrected chi connectivity index (χ1v) is 5.37. The molecule has 0 saturated heterocycles. The molecule has 0 aliphatic heterocycles. The van der Waals surface area contributed by atoms with Crippen LogP contribution in [0.5, 0.6) is 0 Å². The maximum Gasteiger partial charge on any atom is 0.118 e. The molecule has 0 fully saturated rings. The molecule has 1 unspecified atom stereocenters. The first-order chi connectivity index (χ1) is 5.72. The number of alkyl halides is 1. The molecule has 0 N–H and O–H groups in total. The molecule has 0 bridgehead atoms. The summed E-state index contributed by atoms with van der Waals surface area (Å²) in [4.78, 5) is 0.342. The third kappa shape index (κ3) is 3.16. The van der Waals surface area contributed by atoms with Gasteiger partial charge in [0.25, 0.3) is 0 Å². The van der Waals surface area contributed by atoms with E-state index in [1.165, 1.54) is 0 Å². The van der Waals surface area contributed by atoms with Gasteiger partial charge in [0.15, 0.2) is 0 Å². The first-order valence-electron chi connectivity index (χ1n) is 3.64. The van der Waals surface area contributed by atoms with E-state index in [1.54, 1.807) is 18.4 Å². The first kappa shape index (κ1) is 10.1. The van der Waals surface area contributed by atoms with Crippen molar-refractivity contribution in [3.63, 3.8) is 0 Å². The number of ether oxygens (including phenoxy) is 1. The highest BCUT2D eigenvalue weighted by Gasteiger charge is 2.08. The Kier molecular flexibility index (Phi) is 4.11. The van der Waals surface area contributed by atoms with Crippen LogP contribution in [-0.4, -0.2) is 28.7 Å². The predicted octanol–water partition coefficient (Wildman–Crippen LogP) is 1.80. The lowest BCUT2D eigenvalue weighted by Gasteiger charge is -2.04. The maximum atomic E-state index is 4.99. The molecule has 0 aromatic carbocycles. The minimum atomic E-state index is 0.342. The number of hydrogen-bond donors (Lipinski definition) is 0. The molecule has 0 saturated carbocycles. The molecule has 0 aliphatic rings. The monoisotopic (exact) mass is 250 g/mol. The molecule has 3 nitrogen and oxygen atoms in total. The zero-order chi connectivity index (χ0) is 8.97. The zero-order valence-electron chi connectivity index (χ0n) is 7.08. The summed E-state index contributed by atoms with van der Waals surface area (Å²) in [5, 5.41) is 10.0. The molecule has 1 aromatic heterocycles. The third-order valence-corrected chi connectivity index (χ3v) is 2.76. The molecule has 5 heteroatoms. The number of aryl methyl sites for hydroxylation is 1. The summed E-state index contributed by atoms with van der Waals surface area (Å²) in [6.07, 6.45) is 0.888. The van der Waals surface area contributed by atoms with Crippen LogP contribution in [0.2, 0.25) is 0 Å². The minimum absolute atomic E-state index is 0.342. The fraction of sp³-hybridized carbons (Fsp3) is 0.714. The van der Waals surface area contributed by atoms with Gasteiger partial charge in [0.2, 0.25) is 0 Å². The largest absolute Gasteiger partial charge is 0.384 e. The van der Waals surface area contributed by atoms with E-state index in [0.29, 0.717) is 11.4 Å². The molecule has 1 aromatic rings. The molecule has 0 amide bonds. The fourth-order valence-electron chi connectivity index (χ4n) is 0.849. The van der Waals surface area contributed by atoms with Gasteiger partial charge in [-0.3, -0.25) is 0 Å². The van der Waals surface area contributed by atoms with Crippen LogP contribution >= 0.6 is 27.3 Å². The number of aromatic nitrogens is 2. The number of rotatable bonds is 4. The molecule has 1 heterocycles. The Balaban J connectivity index is 2.41. The van der Waals surface area contributed by atoms with Crippen molar-refractivity contribution in [1.29, 1.82) is 0 Å². The second kappa shape index (κ2) is 4.89. The van der Waals surface area contributed by atoms with Crippen molar-refractivity contribution in [2.45, 2.75) is 18.2 Å². The summed E-state index contributed by atoms with van der Waals surface area (Å²) in [6.45, 7) is 2.67.